The third-order valence-corrected chi connectivity index (χ3v) is 3.61. The normalized spacial score (nSPS) is 10.3. The number of carbonyl (C=O) groups is 1. The molecule has 3 aromatic rings. The molecule has 0 aliphatic rings. The number of benzene rings is 3. The largest absolute Gasteiger partial charge is 0.350 e. The Morgan fingerprint density at radius 1 is 0.920 bits per heavy atom. The van der Waals surface area contributed by atoms with Gasteiger partial charge in [0, 0.05) is 22.9 Å². The number of nitro groups is 1. The smallest absolute Gasteiger partial charge is 0.292 e. The summed E-state index contributed by atoms with van der Waals surface area (Å²) in [6.07, 6.45) is 0. The highest BCUT2D eigenvalue weighted by Crippen LogP contribution is 2.27. The van der Waals surface area contributed by atoms with Crippen molar-refractivity contribution in [1.82, 2.24) is 0 Å². The molecule has 0 spiro atoms. The van der Waals surface area contributed by atoms with Gasteiger partial charge < -0.3 is 5.32 Å². The van der Waals surface area contributed by atoms with E-state index < -0.39 is 10.7 Å². The Labute approximate surface area is 142 Å². The van der Waals surface area contributed by atoms with Crippen LogP contribution in [0.15, 0.2) is 72.8 Å². The van der Waals surface area contributed by atoms with Crippen molar-refractivity contribution in [1.29, 1.82) is 0 Å². The Hall–Kier alpha value is -3.54. The van der Waals surface area contributed by atoms with Gasteiger partial charge in [-0.3, -0.25) is 14.9 Å². The molecule has 0 saturated heterocycles. The molecule has 0 radical (unpaired) electrons. The topological polar surface area (TPSA) is 72.2 Å². The van der Waals surface area contributed by atoms with Crippen LogP contribution in [-0.4, -0.2) is 10.7 Å². The average molecular weight is 336 g/mol. The van der Waals surface area contributed by atoms with Crippen LogP contribution in [0.4, 0.5) is 21.5 Å². The molecule has 0 unspecified atom stereocenters. The van der Waals surface area contributed by atoms with E-state index in [1.54, 1.807) is 48.5 Å². The van der Waals surface area contributed by atoms with E-state index in [0.29, 0.717) is 16.9 Å². The van der Waals surface area contributed by atoms with Crippen LogP contribution in [0.1, 0.15) is 15.9 Å². The SMILES string of the molecule is O=C(c1ccc(Nc2ccccc2[N+](=O)[O-])cc1)c1cccc(F)c1. The van der Waals surface area contributed by atoms with Gasteiger partial charge in [-0.1, -0.05) is 24.3 Å². The quantitative estimate of drug-likeness (QED) is 0.416. The molecule has 124 valence electrons. The van der Waals surface area contributed by atoms with Gasteiger partial charge in [-0.15, -0.1) is 0 Å². The number of carbonyl (C=O) groups excluding carboxylic acids is 1. The fourth-order valence-corrected chi connectivity index (χ4v) is 2.40. The Morgan fingerprint density at radius 3 is 2.32 bits per heavy atom. The second kappa shape index (κ2) is 6.92. The molecule has 0 amide bonds. The van der Waals surface area contributed by atoms with Crippen LogP contribution in [0.25, 0.3) is 0 Å². The number of hydrogen-bond donors (Lipinski definition) is 1. The number of hydrogen-bond acceptors (Lipinski definition) is 4. The Kier molecular flexibility index (Phi) is 4.52. The molecule has 0 heterocycles. The molecule has 0 aromatic heterocycles. The molecule has 0 saturated carbocycles. The third kappa shape index (κ3) is 3.69. The van der Waals surface area contributed by atoms with E-state index in [2.05, 4.69) is 5.32 Å². The standard InChI is InChI=1S/C19H13FN2O3/c20-15-5-3-4-14(12-15)19(23)13-8-10-16(11-9-13)21-17-6-1-2-7-18(17)22(24)25/h1-12,21H. The summed E-state index contributed by atoms with van der Waals surface area (Å²) < 4.78 is 13.2. The van der Waals surface area contributed by atoms with Gasteiger partial charge in [0.1, 0.15) is 11.5 Å². The minimum Gasteiger partial charge on any atom is -0.350 e. The Balaban J connectivity index is 1.81. The molecule has 0 aliphatic heterocycles. The lowest BCUT2D eigenvalue weighted by Crippen LogP contribution is -2.02. The zero-order valence-corrected chi connectivity index (χ0v) is 13.0. The van der Waals surface area contributed by atoms with Crippen LogP contribution in [-0.2, 0) is 0 Å². The molecule has 1 N–H and O–H groups in total. The summed E-state index contributed by atoms with van der Waals surface area (Å²) >= 11 is 0. The molecule has 0 bridgehead atoms. The van der Waals surface area contributed by atoms with Gasteiger partial charge in [-0.05, 0) is 42.5 Å². The molecule has 5 nitrogen and oxygen atoms in total. The highest BCUT2D eigenvalue weighted by atomic mass is 19.1. The molecule has 0 atom stereocenters. The molecule has 0 aliphatic carbocycles. The Morgan fingerprint density at radius 2 is 1.64 bits per heavy atom. The van der Waals surface area contributed by atoms with Gasteiger partial charge in [-0.25, -0.2) is 4.39 Å². The monoisotopic (exact) mass is 336 g/mol. The lowest BCUT2D eigenvalue weighted by atomic mass is 10.0. The molecular weight excluding hydrogens is 323 g/mol. The van der Waals surface area contributed by atoms with Crippen LogP contribution in [0, 0.1) is 15.9 Å². The summed E-state index contributed by atoms with van der Waals surface area (Å²) in [5.74, 6) is -0.766. The summed E-state index contributed by atoms with van der Waals surface area (Å²) in [7, 11) is 0. The minimum atomic E-state index is -0.472. The first-order valence-electron chi connectivity index (χ1n) is 7.45. The number of rotatable bonds is 5. The van der Waals surface area contributed by atoms with Crippen molar-refractivity contribution in [2.24, 2.45) is 0 Å². The minimum absolute atomic E-state index is 0.0394. The molecule has 25 heavy (non-hydrogen) atoms. The van der Waals surface area contributed by atoms with Crippen LogP contribution in [0.3, 0.4) is 0 Å². The van der Waals surface area contributed by atoms with Gasteiger partial charge in [0.25, 0.3) is 5.69 Å². The molecular formula is C19H13FN2O3. The van der Waals surface area contributed by atoms with Crippen molar-refractivity contribution in [3.8, 4) is 0 Å². The van der Waals surface area contributed by atoms with Gasteiger partial charge >= 0.3 is 0 Å². The zero-order valence-electron chi connectivity index (χ0n) is 13.0. The average Bonchev–Trinajstić information content (AvgIpc) is 2.62. The maximum atomic E-state index is 13.2. The molecule has 0 fully saturated rings. The lowest BCUT2D eigenvalue weighted by Gasteiger charge is -2.08. The summed E-state index contributed by atoms with van der Waals surface area (Å²) in [6, 6.07) is 18.2. The number of nitrogens with one attached hydrogen (secondary N) is 1. The number of anilines is 2. The van der Waals surface area contributed by atoms with Crippen LogP contribution < -0.4 is 5.32 Å². The first-order chi connectivity index (χ1) is 12.0. The highest BCUT2D eigenvalue weighted by molar-refractivity contribution is 6.09. The van der Waals surface area contributed by atoms with Crippen molar-refractivity contribution in [3.63, 3.8) is 0 Å². The second-order valence-corrected chi connectivity index (χ2v) is 5.32. The van der Waals surface area contributed by atoms with Gasteiger partial charge in [0.2, 0.25) is 0 Å². The van der Waals surface area contributed by atoms with E-state index >= 15 is 0 Å². The molecule has 3 rings (SSSR count). The number of para-hydroxylation sites is 2. The summed E-state index contributed by atoms with van der Waals surface area (Å²) in [5.41, 5.74) is 1.59. The van der Waals surface area contributed by atoms with Crippen molar-refractivity contribution in [2.75, 3.05) is 5.32 Å². The van der Waals surface area contributed by atoms with E-state index in [0.717, 1.165) is 0 Å². The van der Waals surface area contributed by atoms with E-state index in [9.17, 15) is 19.3 Å². The van der Waals surface area contributed by atoms with Crippen molar-refractivity contribution < 1.29 is 14.1 Å². The predicted molar refractivity (Wildman–Crippen MR) is 92.7 cm³/mol. The van der Waals surface area contributed by atoms with Gasteiger partial charge in [0.15, 0.2) is 5.78 Å². The lowest BCUT2D eigenvalue weighted by molar-refractivity contribution is -0.383. The summed E-state index contributed by atoms with van der Waals surface area (Å²) in [6.45, 7) is 0. The van der Waals surface area contributed by atoms with E-state index in [1.165, 1.54) is 24.3 Å². The van der Waals surface area contributed by atoms with E-state index in [-0.39, 0.29) is 17.0 Å². The number of ketones is 1. The Bertz CT molecular complexity index is 939. The first-order valence-corrected chi connectivity index (χ1v) is 7.45. The molecule has 6 heteroatoms. The zero-order chi connectivity index (χ0) is 17.8. The van der Waals surface area contributed by atoms with Gasteiger partial charge in [-0.2, -0.15) is 0 Å². The van der Waals surface area contributed by atoms with Crippen molar-refractivity contribution in [3.05, 3.63) is 99.9 Å². The predicted octanol–water partition coefficient (Wildman–Crippen LogP) is 4.71. The van der Waals surface area contributed by atoms with Gasteiger partial charge in [0.05, 0.1) is 4.92 Å². The fraction of sp³-hybridized carbons (Fsp3) is 0. The molecule has 3 aromatic carbocycles. The van der Waals surface area contributed by atoms with Crippen molar-refractivity contribution >= 4 is 22.8 Å². The number of halogens is 1. The van der Waals surface area contributed by atoms with Crippen LogP contribution >= 0.6 is 0 Å². The van der Waals surface area contributed by atoms with E-state index in [1.807, 2.05) is 0 Å². The summed E-state index contributed by atoms with van der Waals surface area (Å²) in [4.78, 5) is 22.9. The first kappa shape index (κ1) is 16.3. The van der Waals surface area contributed by atoms with Crippen molar-refractivity contribution in [2.45, 2.75) is 0 Å². The maximum Gasteiger partial charge on any atom is 0.292 e. The number of nitro benzene ring substituents is 1. The highest BCUT2D eigenvalue weighted by Gasteiger charge is 2.13. The third-order valence-electron chi connectivity index (χ3n) is 3.61. The van der Waals surface area contributed by atoms with E-state index in [4.69, 9.17) is 0 Å². The fourth-order valence-electron chi connectivity index (χ4n) is 2.40. The number of nitrogens with zero attached hydrogens (tertiary/aromatic N) is 1. The maximum absolute atomic E-state index is 13.2. The van der Waals surface area contributed by atoms with Crippen LogP contribution in [0.5, 0.6) is 0 Å². The summed E-state index contributed by atoms with van der Waals surface area (Å²) in [5, 5.41) is 14.0. The van der Waals surface area contributed by atoms with Crippen LogP contribution in [0.2, 0.25) is 0 Å². The second-order valence-electron chi connectivity index (χ2n) is 5.32.